The number of alkyl halides is 3. The lowest BCUT2D eigenvalue weighted by Crippen LogP contribution is -2.24. The lowest BCUT2D eigenvalue weighted by atomic mass is 10.2. The average molecular weight is 269 g/mol. The van der Waals surface area contributed by atoms with Crippen LogP contribution in [0.4, 0.5) is 5.69 Å². The van der Waals surface area contributed by atoms with Crippen molar-refractivity contribution in [3.05, 3.63) is 29.8 Å². The molecule has 0 amide bonds. The third-order valence-corrected chi connectivity index (χ3v) is 2.88. The van der Waals surface area contributed by atoms with E-state index in [1.807, 2.05) is 31.2 Å². The Morgan fingerprint density at radius 2 is 1.71 bits per heavy atom. The number of aryl methyl sites for hydroxylation is 1. The number of benzene rings is 1. The predicted molar refractivity (Wildman–Crippen MR) is 67.7 cm³/mol. The van der Waals surface area contributed by atoms with Crippen LogP contribution < -0.4 is 5.32 Å². The Morgan fingerprint density at radius 1 is 1.21 bits per heavy atom. The maximum absolute atomic E-state index is 5.59. The molecule has 1 aromatic rings. The van der Waals surface area contributed by atoms with Crippen molar-refractivity contribution in [1.29, 1.82) is 0 Å². The van der Waals surface area contributed by atoms with E-state index in [-0.39, 0.29) is 4.99 Å². The minimum absolute atomic E-state index is 0.173. The van der Waals surface area contributed by atoms with Crippen molar-refractivity contribution in [2.75, 3.05) is 5.32 Å². The van der Waals surface area contributed by atoms with Gasteiger partial charge in [-0.3, -0.25) is 0 Å². The van der Waals surface area contributed by atoms with Crippen molar-refractivity contribution in [2.45, 2.75) is 10.7 Å². The monoisotopic (exact) mass is 267 g/mol. The number of anilines is 1. The van der Waals surface area contributed by atoms with Crippen LogP contribution in [0.1, 0.15) is 5.56 Å². The van der Waals surface area contributed by atoms with E-state index >= 15 is 0 Å². The van der Waals surface area contributed by atoms with Crippen molar-refractivity contribution >= 4 is 57.7 Å². The van der Waals surface area contributed by atoms with Crippen molar-refractivity contribution in [2.24, 2.45) is 0 Å². The average Bonchev–Trinajstić information content (AvgIpc) is 2.07. The number of thiocarbonyl (C=S) groups is 1. The Balaban J connectivity index is 2.71. The highest BCUT2D eigenvalue weighted by Crippen LogP contribution is 2.28. The van der Waals surface area contributed by atoms with E-state index in [0.717, 1.165) is 11.3 Å². The van der Waals surface area contributed by atoms with E-state index in [9.17, 15) is 0 Å². The van der Waals surface area contributed by atoms with Gasteiger partial charge in [0.1, 0.15) is 4.99 Å². The normalized spacial score (nSPS) is 11.1. The minimum atomic E-state index is -1.56. The van der Waals surface area contributed by atoms with Crippen LogP contribution in [0.2, 0.25) is 0 Å². The molecule has 0 heterocycles. The summed E-state index contributed by atoms with van der Waals surface area (Å²) in [6.45, 7) is 2.00. The van der Waals surface area contributed by atoms with Gasteiger partial charge < -0.3 is 5.32 Å². The van der Waals surface area contributed by atoms with Gasteiger partial charge in [0.2, 0.25) is 3.79 Å². The summed E-state index contributed by atoms with van der Waals surface area (Å²) in [6, 6.07) is 7.64. The van der Waals surface area contributed by atoms with Gasteiger partial charge in [-0.15, -0.1) is 0 Å². The maximum Gasteiger partial charge on any atom is 0.240 e. The molecule has 0 aliphatic carbocycles. The fraction of sp³-hybridized carbons (Fsp3) is 0.222. The fourth-order valence-electron chi connectivity index (χ4n) is 0.839. The molecule has 0 spiro atoms. The Bertz CT molecular complexity index is 329. The Hall–Kier alpha value is -0.0200. The lowest BCUT2D eigenvalue weighted by molar-refractivity contribution is 1.46. The molecule has 0 aliphatic rings. The first-order valence-corrected chi connectivity index (χ1v) is 5.38. The second-order valence-electron chi connectivity index (χ2n) is 2.82. The molecule has 0 bridgehead atoms. The molecule has 0 unspecified atom stereocenters. The lowest BCUT2D eigenvalue weighted by Gasteiger charge is -2.14. The van der Waals surface area contributed by atoms with Crippen LogP contribution in [-0.2, 0) is 0 Å². The topological polar surface area (TPSA) is 12.0 Å². The highest BCUT2D eigenvalue weighted by molar-refractivity contribution is 7.81. The van der Waals surface area contributed by atoms with Gasteiger partial charge in [0.15, 0.2) is 0 Å². The van der Waals surface area contributed by atoms with Gasteiger partial charge in [0.05, 0.1) is 0 Å². The zero-order valence-electron chi connectivity index (χ0n) is 7.35. The van der Waals surface area contributed by atoms with Crippen molar-refractivity contribution in [3.63, 3.8) is 0 Å². The first-order chi connectivity index (χ1) is 6.39. The molecule has 0 atom stereocenters. The van der Waals surface area contributed by atoms with Gasteiger partial charge in [-0.05, 0) is 19.1 Å². The molecule has 1 aromatic carbocycles. The number of hydrogen-bond acceptors (Lipinski definition) is 1. The van der Waals surface area contributed by atoms with Crippen LogP contribution >= 0.6 is 47.0 Å². The van der Waals surface area contributed by atoms with Gasteiger partial charge in [-0.2, -0.15) is 0 Å². The number of nitrogens with one attached hydrogen (secondary N) is 1. The smallest absolute Gasteiger partial charge is 0.240 e. The molecule has 0 aromatic heterocycles. The minimum Gasteiger partial charge on any atom is -0.346 e. The molecule has 76 valence electrons. The van der Waals surface area contributed by atoms with Crippen molar-refractivity contribution < 1.29 is 0 Å². The number of halogens is 3. The molecule has 0 aliphatic heterocycles. The quantitative estimate of drug-likeness (QED) is 0.608. The first kappa shape index (κ1) is 12.1. The van der Waals surface area contributed by atoms with E-state index in [4.69, 9.17) is 47.0 Å². The third-order valence-electron chi connectivity index (χ3n) is 1.57. The molecule has 1 rings (SSSR count). The van der Waals surface area contributed by atoms with Crippen LogP contribution in [0, 0.1) is 6.92 Å². The standard InChI is InChI=1S/C9H8Cl3NS/c1-6-2-4-7(5-3-6)13-8(14)9(10,11)12/h2-5H,1H3,(H,13,14). The zero-order valence-corrected chi connectivity index (χ0v) is 10.4. The summed E-state index contributed by atoms with van der Waals surface area (Å²) in [7, 11) is 0. The molecule has 0 radical (unpaired) electrons. The maximum atomic E-state index is 5.59. The highest BCUT2D eigenvalue weighted by Gasteiger charge is 2.26. The van der Waals surface area contributed by atoms with Gasteiger partial charge in [0.25, 0.3) is 0 Å². The summed E-state index contributed by atoms with van der Waals surface area (Å²) >= 11 is 21.7. The molecule has 1 N–H and O–H groups in total. The summed E-state index contributed by atoms with van der Waals surface area (Å²) in [6.07, 6.45) is 0. The second-order valence-corrected chi connectivity index (χ2v) is 5.51. The zero-order chi connectivity index (χ0) is 10.8. The van der Waals surface area contributed by atoms with Crippen LogP contribution in [0.25, 0.3) is 0 Å². The highest BCUT2D eigenvalue weighted by atomic mass is 35.6. The van der Waals surface area contributed by atoms with Gasteiger partial charge in [-0.25, -0.2) is 0 Å². The van der Waals surface area contributed by atoms with E-state index in [0.29, 0.717) is 0 Å². The molecule has 14 heavy (non-hydrogen) atoms. The van der Waals surface area contributed by atoms with Crippen molar-refractivity contribution in [3.8, 4) is 0 Å². The summed E-state index contributed by atoms with van der Waals surface area (Å²) in [5.41, 5.74) is 1.97. The van der Waals surface area contributed by atoms with E-state index in [2.05, 4.69) is 5.32 Å². The molecule has 0 fully saturated rings. The molecule has 1 nitrogen and oxygen atoms in total. The van der Waals surface area contributed by atoms with E-state index in [1.54, 1.807) is 0 Å². The van der Waals surface area contributed by atoms with Gasteiger partial charge >= 0.3 is 0 Å². The number of rotatable bonds is 1. The Morgan fingerprint density at radius 3 is 2.14 bits per heavy atom. The molecular weight excluding hydrogens is 261 g/mol. The van der Waals surface area contributed by atoms with Gasteiger partial charge in [-0.1, -0.05) is 64.7 Å². The molecule has 0 saturated carbocycles. The Kier molecular flexibility index (Phi) is 4.02. The predicted octanol–water partition coefficient (Wildman–Crippen LogP) is 4.10. The Labute approximate surface area is 103 Å². The number of hydrogen-bond donors (Lipinski definition) is 1. The summed E-state index contributed by atoms with van der Waals surface area (Å²) in [4.78, 5) is 0.173. The molecular formula is C9H8Cl3NS. The van der Waals surface area contributed by atoms with Crippen LogP contribution in [0.15, 0.2) is 24.3 Å². The van der Waals surface area contributed by atoms with Crippen molar-refractivity contribution in [1.82, 2.24) is 0 Å². The SMILES string of the molecule is Cc1ccc(NC(=S)C(Cl)(Cl)Cl)cc1. The van der Waals surface area contributed by atoms with Crippen LogP contribution in [0.5, 0.6) is 0 Å². The summed E-state index contributed by atoms with van der Waals surface area (Å²) in [5, 5.41) is 2.84. The largest absolute Gasteiger partial charge is 0.346 e. The van der Waals surface area contributed by atoms with Gasteiger partial charge in [0, 0.05) is 5.69 Å². The summed E-state index contributed by atoms with van der Waals surface area (Å²) in [5.74, 6) is 0. The molecule has 0 saturated heterocycles. The second kappa shape index (κ2) is 4.67. The first-order valence-electron chi connectivity index (χ1n) is 3.84. The van der Waals surface area contributed by atoms with E-state index < -0.39 is 3.79 Å². The fourth-order valence-corrected chi connectivity index (χ4v) is 1.10. The third kappa shape index (κ3) is 3.62. The summed E-state index contributed by atoms with van der Waals surface area (Å²) < 4.78 is -1.56. The van der Waals surface area contributed by atoms with E-state index in [1.165, 1.54) is 0 Å². The molecule has 5 heteroatoms. The van der Waals surface area contributed by atoms with Crippen LogP contribution in [-0.4, -0.2) is 8.78 Å². The van der Waals surface area contributed by atoms with Crippen LogP contribution in [0.3, 0.4) is 0 Å².